The average molecular weight is 399 g/mol. The minimum atomic E-state index is -0.234. The molecule has 0 amide bonds. The van der Waals surface area contributed by atoms with E-state index in [0.29, 0.717) is 17.4 Å². The van der Waals surface area contributed by atoms with E-state index in [9.17, 15) is 4.39 Å². The number of fused-ring (bicyclic) bond motifs is 3. The molecule has 126 valence electrons. The lowest BCUT2D eigenvalue weighted by Gasteiger charge is -2.37. The van der Waals surface area contributed by atoms with Crippen LogP contribution in [-0.2, 0) is 0 Å². The Bertz CT molecular complexity index is 873. The Morgan fingerprint density at radius 3 is 2.84 bits per heavy atom. The number of hydrogen-bond acceptors (Lipinski definition) is 3. The van der Waals surface area contributed by atoms with E-state index in [2.05, 4.69) is 33.4 Å². The largest absolute Gasteiger partial charge is 0.479 e. The summed E-state index contributed by atoms with van der Waals surface area (Å²) in [4.78, 5) is 0. The van der Waals surface area contributed by atoms with Gasteiger partial charge in [0.15, 0.2) is 6.61 Å². The molecule has 2 aliphatic rings. The number of halogens is 2. The predicted octanol–water partition coefficient (Wildman–Crippen LogP) is 5.32. The molecule has 2 aromatic carbocycles. The number of nitrogens with one attached hydrogen (secondary N) is 1. The fraction of sp³-hybridized carbons (Fsp3) is 0.250. The van der Waals surface area contributed by atoms with Gasteiger partial charge in [0.05, 0.1) is 11.7 Å². The zero-order valence-electron chi connectivity index (χ0n) is 13.4. The molecular weight excluding hydrogens is 383 g/mol. The van der Waals surface area contributed by atoms with Gasteiger partial charge in [-0.25, -0.2) is 4.39 Å². The topological polar surface area (TPSA) is 45.0 Å². The molecule has 1 aliphatic heterocycles. The van der Waals surface area contributed by atoms with Crippen LogP contribution in [-0.4, -0.2) is 6.61 Å². The van der Waals surface area contributed by atoms with Crippen molar-refractivity contribution in [1.29, 1.82) is 5.26 Å². The highest BCUT2D eigenvalue weighted by Crippen LogP contribution is 2.51. The summed E-state index contributed by atoms with van der Waals surface area (Å²) in [5.41, 5.74) is 2.69. The maximum Gasteiger partial charge on any atom is 0.174 e. The Balaban J connectivity index is 1.68. The van der Waals surface area contributed by atoms with Gasteiger partial charge in [-0.05, 0) is 47.7 Å². The molecule has 3 nitrogen and oxygen atoms in total. The van der Waals surface area contributed by atoms with Crippen LogP contribution in [0, 0.1) is 23.1 Å². The first-order chi connectivity index (χ1) is 12.2. The van der Waals surface area contributed by atoms with Crippen LogP contribution in [0.15, 0.2) is 53.0 Å². The van der Waals surface area contributed by atoms with Crippen molar-refractivity contribution in [3.8, 4) is 11.8 Å². The number of nitriles is 1. The molecule has 0 spiro atoms. The maximum atomic E-state index is 14.5. The van der Waals surface area contributed by atoms with E-state index in [1.165, 1.54) is 6.07 Å². The van der Waals surface area contributed by atoms with E-state index >= 15 is 0 Å². The maximum absolute atomic E-state index is 14.5. The minimum absolute atomic E-state index is 0.0309. The Morgan fingerprint density at radius 2 is 2.08 bits per heavy atom. The molecule has 1 N–H and O–H groups in total. The molecule has 0 bridgehead atoms. The fourth-order valence-corrected chi connectivity index (χ4v) is 4.29. The summed E-state index contributed by atoms with van der Waals surface area (Å²) in [7, 11) is 0. The summed E-state index contributed by atoms with van der Waals surface area (Å²) < 4.78 is 20.6. The van der Waals surface area contributed by atoms with E-state index in [0.717, 1.165) is 22.0 Å². The van der Waals surface area contributed by atoms with Crippen LogP contribution in [0.1, 0.15) is 29.5 Å². The molecule has 0 saturated carbocycles. The number of hydrogen-bond donors (Lipinski definition) is 1. The molecular formula is C20H16BrFN2O. The molecule has 5 heteroatoms. The Hall–Kier alpha value is -2.32. The van der Waals surface area contributed by atoms with Gasteiger partial charge < -0.3 is 10.1 Å². The first-order valence-corrected chi connectivity index (χ1v) is 8.98. The van der Waals surface area contributed by atoms with Crippen molar-refractivity contribution in [1.82, 2.24) is 0 Å². The molecule has 4 rings (SSSR count). The van der Waals surface area contributed by atoms with Crippen LogP contribution < -0.4 is 10.1 Å². The van der Waals surface area contributed by atoms with Crippen LogP contribution in [0.5, 0.6) is 5.75 Å². The molecule has 0 radical (unpaired) electrons. The molecule has 2 aromatic rings. The highest BCUT2D eigenvalue weighted by molar-refractivity contribution is 9.10. The zero-order valence-corrected chi connectivity index (χ0v) is 15.0. The third kappa shape index (κ3) is 2.91. The van der Waals surface area contributed by atoms with E-state index in [1.54, 1.807) is 0 Å². The SMILES string of the molecule is N#CCOc1ccc(C2Nc3c(F)cc(Br)cc3C3C=CCC32)cc1. The summed E-state index contributed by atoms with van der Waals surface area (Å²) in [6, 6.07) is 13.2. The molecule has 3 atom stereocenters. The Morgan fingerprint density at radius 1 is 1.28 bits per heavy atom. The number of anilines is 1. The first-order valence-electron chi connectivity index (χ1n) is 8.19. The molecule has 0 fully saturated rings. The highest BCUT2D eigenvalue weighted by atomic mass is 79.9. The third-order valence-electron chi connectivity index (χ3n) is 4.93. The summed E-state index contributed by atoms with van der Waals surface area (Å²) in [5, 5.41) is 12.0. The molecule has 0 saturated heterocycles. The van der Waals surface area contributed by atoms with Crippen molar-refractivity contribution >= 4 is 21.6 Å². The van der Waals surface area contributed by atoms with Crippen molar-refractivity contribution in [3.05, 3.63) is 70.0 Å². The van der Waals surface area contributed by atoms with E-state index < -0.39 is 0 Å². The number of nitrogens with zero attached hydrogens (tertiary/aromatic N) is 1. The van der Waals surface area contributed by atoms with E-state index in [4.69, 9.17) is 10.00 Å². The number of rotatable bonds is 3. The van der Waals surface area contributed by atoms with Crippen molar-refractivity contribution in [3.63, 3.8) is 0 Å². The molecule has 0 aromatic heterocycles. The number of benzene rings is 2. The molecule has 1 heterocycles. The normalized spacial score (nSPS) is 23.3. The molecule has 1 aliphatic carbocycles. The van der Waals surface area contributed by atoms with Crippen LogP contribution in [0.2, 0.25) is 0 Å². The van der Waals surface area contributed by atoms with Crippen LogP contribution >= 0.6 is 15.9 Å². The Kier molecular flexibility index (Phi) is 4.22. The van der Waals surface area contributed by atoms with Crippen molar-refractivity contribution in [2.24, 2.45) is 5.92 Å². The van der Waals surface area contributed by atoms with Gasteiger partial charge in [-0.1, -0.05) is 40.2 Å². The van der Waals surface area contributed by atoms with Crippen LogP contribution in [0.3, 0.4) is 0 Å². The van der Waals surface area contributed by atoms with Gasteiger partial charge in [-0.15, -0.1) is 0 Å². The van der Waals surface area contributed by atoms with Gasteiger partial charge in [-0.3, -0.25) is 0 Å². The van der Waals surface area contributed by atoms with Crippen molar-refractivity contribution in [2.75, 3.05) is 11.9 Å². The monoisotopic (exact) mass is 398 g/mol. The van der Waals surface area contributed by atoms with Crippen LogP contribution in [0.4, 0.5) is 10.1 Å². The van der Waals surface area contributed by atoms with Gasteiger partial charge >= 0.3 is 0 Å². The third-order valence-corrected chi connectivity index (χ3v) is 5.39. The first kappa shape index (κ1) is 16.2. The minimum Gasteiger partial charge on any atom is -0.479 e. The summed E-state index contributed by atoms with van der Waals surface area (Å²) >= 11 is 3.40. The number of ether oxygens (including phenoxy) is 1. The van der Waals surface area contributed by atoms with Gasteiger partial charge in [0, 0.05) is 10.4 Å². The zero-order chi connectivity index (χ0) is 17.4. The summed E-state index contributed by atoms with van der Waals surface area (Å²) in [5.74, 6) is 0.995. The van der Waals surface area contributed by atoms with Gasteiger partial charge in [0.25, 0.3) is 0 Å². The van der Waals surface area contributed by atoms with Crippen molar-refractivity contribution in [2.45, 2.75) is 18.4 Å². The average Bonchev–Trinajstić information content (AvgIpc) is 3.10. The van der Waals surface area contributed by atoms with E-state index in [1.807, 2.05) is 36.4 Å². The van der Waals surface area contributed by atoms with Crippen molar-refractivity contribution < 1.29 is 9.13 Å². The van der Waals surface area contributed by atoms with Gasteiger partial charge in [0.2, 0.25) is 0 Å². The molecule has 3 unspecified atom stereocenters. The standard InChI is InChI=1S/C20H16BrFN2O/c21-13-10-17-15-2-1-3-16(15)19(24-20(17)18(22)11-13)12-4-6-14(7-5-12)25-9-8-23/h1-2,4-7,10-11,15-16,19,24H,3,9H2. The lowest BCUT2D eigenvalue weighted by atomic mass is 9.77. The van der Waals surface area contributed by atoms with Crippen LogP contribution in [0.25, 0.3) is 0 Å². The summed E-state index contributed by atoms with van der Waals surface area (Å²) in [6.45, 7) is 0.0309. The molecule has 25 heavy (non-hydrogen) atoms. The second kappa shape index (κ2) is 6.53. The highest BCUT2D eigenvalue weighted by Gasteiger charge is 2.39. The lowest BCUT2D eigenvalue weighted by molar-refractivity contribution is 0.367. The Labute approximate surface area is 154 Å². The smallest absolute Gasteiger partial charge is 0.174 e. The van der Waals surface area contributed by atoms with Gasteiger partial charge in [0.1, 0.15) is 17.6 Å². The second-order valence-electron chi connectivity index (χ2n) is 6.34. The second-order valence-corrected chi connectivity index (χ2v) is 7.26. The number of allylic oxidation sites excluding steroid dienone is 2. The van der Waals surface area contributed by atoms with E-state index in [-0.39, 0.29) is 24.4 Å². The quantitative estimate of drug-likeness (QED) is 0.711. The fourth-order valence-electron chi connectivity index (χ4n) is 3.84. The predicted molar refractivity (Wildman–Crippen MR) is 98.0 cm³/mol. The summed E-state index contributed by atoms with van der Waals surface area (Å²) in [6.07, 6.45) is 5.33. The van der Waals surface area contributed by atoms with Gasteiger partial charge in [-0.2, -0.15) is 5.26 Å². The lowest BCUT2D eigenvalue weighted by Crippen LogP contribution is -2.29.